The monoisotopic (exact) mass is 295 g/mol. The predicted molar refractivity (Wildman–Crippen MR) is 81.2 cm³/mol. The lowest BCUT2D eigenvalue weighted by Gasteiger charge is -2.36. The van der Waals surface area contributed by atoms with Gasteiger partial charge in [0.1, 0.15) is 0 Å². The summed E-state index contributed by atoms with van der Waals surface area (Å²) in [4.78, 5) is 20.9. The number of halogens is 1. The van der Waals surface area contributed by atoms with Gasteiger partial charge in [-0.3, -0.25) is 9.78 Å². The first-order chi connectivity index (χ1) is 9.52. The minimum atomic E-state index is -0.0301. The molecule has 1 amide bonds. The molecule has 1 aromatic rings. The number of nitrogens with zero attached hydrogens (tertiary/aromatic N) is 3. The Kier molecular flexibility index (Phi) is 5.00. The van der Waals surface area contributed by atoms with Gasteiger partial charge in [-0.1, -0.05) is 18.5 Å². The molecule has 0 unspecified atom stereocenters. The Bertz CT molecular complexity index is 484. The lowest BCUT2D eigenvalue weighted by Crippen LogP contribution is -2.45. The van der Waals surface area contributed by atoms with E-state index in [4.69, 9.17) is 11.6 Å². The number of hydrogen-bond donors (Lipinski definition) is 0. The second-order valence-corrected chi connectivity index (χ2v) is 5.79. The van der Waals surface area contributed by atoms with E-state index in [0.29, 0.717) is 16.6 Å². The van der Waals surface area contributed by atoms with Crippen molar-refractivity contribution >= 4 is 17.5 Å². The van der Waals surface area contributed by atoms with Crippen LogP contribution in [0.3, 0.4) is 0 Å². The third-order valence-corrected chi connectivity index (χ3v) is 4.41. The van der Waals surface area contributed by atoms with Crippen molar-refractivity contribution in [2.24, 2.45) is 0 Å². The van der Waals surface area contributed by atoms with Crippen molar-refractivity contribution in [3.05, 3.63) is 28.5 Å². The van der Waals surface area contributed by atoms with Crippen molar-refractivity contribution in [3.63, 3.8) is 0 Å². The first-order valence-corrected chi connectivity index (χ1v) is 7.52. The van der Waals surface area contributed by atoms with E-state index in [1.807, 2.05) is 18.9 Å². The Hall–Kier alpha value is -1.13. The highest BCUT2D eigenvalue weighted by Gasteiger charge is 2.26. The van der Waals surface area contributed by atoms with Crippen LogP contribution in [0.15, 0.2) is 12.3 Å². The topological polar surface area (TPSA) is 36.4 Å². The fraction of sp³-hybridized carbons (Fsp3) is 0.600. The number of pyridine rings is 1. The van der Waals surface area contributed by atoms with E-state index in [2.05, 4.69) is 16.8 Å². The van der Waals surface area contributed by atoms with Gasteiger partial charge in [0.2, 0.25) is 0 Å². The van der Waals surface area contributed by atoms with Crippen LogP contribution in [-0.4, -0.2) is 53.4 Å². The lowest BCUT2D eigenvalue weighted by molar-refractivity contribution is 0.0646. The molecule has 1 saturated heterocycles. The number of likely N-dealkylation sites (tertiary alicyclic amines) is 1. The highest BCUT2D eigenvalue weighted by Crippen LogP contribution is 2.21. The Morgan fingerprint density at radius 1 is 1.50 bits per heavy atom. The van der Waals surface area contributed by atoms with Gasteiger partial charge < -0.3 is 9.80 Å². The summed E-state index contributed by atoms with van der Waals surface area (Å²) in [5.41, 5.74) is 1.32. The molecule has 0 atom stereocenters. The van der Waals surface area contributed by atoms with Gasteiger partial charge in [-0.05, 0) is 32.4 Å². The van der Waals surface area contributed by atoms with E-state index in [-0.39, 0.29) is 5.91 Å². The van der Waals surface area contributed by atoms with Crippen LogP contribution in [0.4, 0.5) is 0 Å². The SMILES string of the molecule is CCN1CCC(N(C)C(=O)c2cnc(C)cc2Cl)CC1. The van der Waals surface area contributed by atoms with Gasteiger partial charge in [-0.2, -0.15) is 0 Å². The zero-order chi connectivity index (χ0) is 14.7. The van der Waals surface area contributed by atoms with E-state index < -0.39 is 0 Å². The molecule has 4 nitrogen and oxygen atoms in total. The first-order valence-electron chi connectivity index (χ1n) is 7.14. The fourth-order valence-corrected chi connectivity index (χ4v) is 2.95. The first kappa shape index (κ1) is 15.3. The van der Waals surface area contributed by atoms with Crippen molar-refractivity contribution in [2.75, 3.05) is 26.7 Å². The molecule has 2 heterocycles. The largest absolute Gasteiger partial charge is 0.339 e. The van der Waals surface area contributed by atoms with Crippen molar-refractivity contribution in [3.8, 4) is 0 Å². The van der Waals surface area contributed by atoms with E-state index in [0.717, 1.165) is 38.2 Å². The quantitative estimate of drug-likeness (QED) is 0.860. The number of rotatable bonds is 3. The highest BCUT2D eigenvalue weighted by molar-refractivity contribution is 6.33. The number of aromatic nitrogens is 1. The van der Waals surface area contributed by atoms with Crippen LogP contribution in [0.1, 0.15) is 35.8 Å². The number of amides is 1. The Labute approximate surface area is 125 Å². The summed E-state index contributed by atoms with van der Waals surface area (Å²) in [7, 11) is 1.87. The van der Waals surface area contributed by atoms with Crippen LogP contribution in [0.5, 0.6) is 0 Å². The van der Waals surface area contributed by atoms with Gasteiger partial charge in [0.25, 0.3) is 5.91 Å². The van der Waals surface area contributed by atoms with Crippen LogP contribution in [0.2, 0.25) is 5.02 Å². The van der Waals surface area contributed by atoms with E-state index in [9.17, 15) is 4.79 Å². The maximum Gasteiger partial charge on any atom is 0.256 e. The molecule has 110 valence electrons. The fourth-order valence-electron chi connectivity index (χ4n) is 2.66. The normalized spacial score (nSPS) is 17.2. The lowest BCUT2D eigenvalue weighted by atomic mass is 10.0. The van der Waals surface area contributed by atoms with Gasteiger partial charge in [0, 0.05) is 38.1 Å². The summed E-state index contributed by atoms with van der Waals surface area (Å²) in [6, 6.07) is 2.03. The number of carbonyl (C=O) groups excluding carboxylic acids is 1. The molecule has 1 aromatic heterocycles. The molecule has 1 aliphatic rings. The van der Waals surface area contributed by atoms with Gasteiger partial charge in [-0.25, -0.2) is 0 Å². The maximum atomic E-state index is 12.5. The number of carbonyl (C=O) groups is 1. The maximum absolute atomic E-state index is 12.5. The third-order valence-electron chi connectivity index (χ3n) is 4.09. The number of aryl methyl sites for hydroxylation is 1. The van der Waals surface area contributed by atoms with Crippen molar-refractivity contribution in [2.45, 2.75) is 32.7 Å². The van der Waals surface area contributed by atoms with Gasteiger partial charge in [0.05, 0.1) is 10.6 Å². The van der Waals surface area contributed by atoms with Crippen molar-refractivity contribution in [1.29, 1.82) is 0 Å². The molecule has 1 fully saturated rings. The van der Waals surface area contributed by atoms with E-state index in [1.54, 1.807) is 12.3 Å². The highest BCUT2D eigenvalue weighted by atomic mass is 35.5. The summed E-state index contributed by atoms with van der Waals surface area (Å²) >= 11 is 6.16. The van der Waals surface area contributed by atoms with Crippen LogP contribution < -0.4 is 0 Å². The molecule has 2 rings (SSSR count). The summed E-state index contributed by atoms with van der Waals surface area (Å²) in [6.45, 7) is 7.23. The zero-order valence-electron chi connectivity index (χ0n) is 12.4. The predicted octanol–water partition coefficient (Wildman–Crippen LogP) is 2.60. The molecular formula is C15H22ClN3O. The summed E-state index contributed by atoms with van der Waals surface area (Å²) in [5, 5.41) is 0.486. The molecule has 0 aromatic carbocycles. The van der Waals surface area contributed by atoms with Crippen molar-refractivity contribution in [1.82, 2.24) is 14.8 Å². The van der Waals surface area contributed by atoms with Crippen LogP contribution in [0, 0.1) is 6.92 Å². The molecule has 0 bridgehead atoms. The molecule has 20 heavy (non-hydrogen) atoms. The summed E-state index contributed by atoms with van der Waals surface area (Å²) in [5.74, 6) is -0.0301. The third kappa shape index (κ3) is 3.30. The van der Waals surface area contributed by atoms with E-state index in [1.165, 1.54) is 0 Å². The minimum Gasteiger partial charge on any atom is -0.339 e. The van der Waals surface area contributed by atoms with Gasteiger partial charge in [0.15, 0.2) is 0 Å². The van der Waals surface area contributed by atoms with Gasteiger partial charge in [-0.15, -0.1) is 0 Å². The smallest absolute Gasteiger partial charge is 0.256 e. The molecule has 0 aliphatic carbocycles. The average molecular weight is 296 g/mol. The number of hydrogen-bond acceptors (Lipinski definition) is 3. The van der Waals surface area contributed by atoms with Crippen LogP contribution >= 0.6 is 11.6 Å². The molecule has 0 radical (unpaired) electrons. The molecule has 0 spiro atoms. The Balaban J connectivity index is 2.05. The molecule has 0 saturated carbocycles. The van der Waals surface area contributed by atoms with Crippen molar-refractivity contribution < 1.29 is 4.79 Å². The Morgan fingerprint density at radius 2 is 2.15 bits per heavy atom. The summed E-state index contributed by atoms with van der Waals surface area (Å²) < 4.78 is 0. The average Bonchev–Trinajstić information content (AvgIpc) is 2.46. The molecule has 1 aliphatic heterocycles. The van der Waals surface area contributed by atoms with Gasteiger partial charge >= 0.3 is 0 Å². The molecule has 0 N–H and O–H groups in total. The minimum absolute atomic E-state index is 0.0301. The zero-order valence-corrected chi connectivity index (χ0v) is 13.2. The standard InChI is InChI=1S/C15H22ClN3O/c1-4-19-7-5-12(6-8-19)18(3)15(20)13-10-17-11(2)9-14(13)16/h9-10,12H,4-8H2,1-3H3. The molecular weight excluding hydrogens is 274 g/mol. The summed E-state index contributed by atoms with van der Waals surface area (Å²) in [6.07, 6.45) is 3.62. The van der Waals surface area contributed by atoms with E-state index >= 15 is 0 Å². The Morgan fingerprint density at radius 3 is 2.70 bits per heavy atom. The second-order valence-electron chi connectivity index (χ2n) is 5.39. The van der Waals surface area contributed by atoms with Crippen LogP contribution in [0.25, 0.3) is 0 Å². The second kappa shape index (κ2) is 6.55. The van der Waals surface area contributed by atoms with Crippen LogP contribution in [-0.2, 0) is 0 Å². The number of piperidine rings is 1. The molecule has 5 heteroatoms.